The van der Waals surface area contributed by atoms with Gasteiger partial charge < -0.3 is 9.47 Å². The first kappa shape index (κ1) is 22.5. The maximum atomic E-state index is 13.6. The molecule has 0 aromatic heterocycles. The fourth-order valence-electron chi connectivity index (χ4n) is 4.90. The molecule has 0 radical (unpaired) electrons. The van der Waals surface area contributed by atoms with Crippen molar-refractivity contribution in [3.63, 3.8) is 0 Å². The van der Waals surface area contributed by atoms with Crippen LogP contribution in [0.25, 0.3) is 0 Å². The minimum atomic E-state index is -1.63. The second kappa shape index (κ2) is 8.79. The average Bonchev–Trinajstić information content (AvgIpc) is 3.06. The second-order valence-electron chi connectivity index (χ2n) is 9.01. The van der Waals surface area contributed by atoms with Crippen LogP contribution >= 0.6 is 15.9 Å². The van der Waals surface area contributed by atoms with Gasteiger partial charge in [-0.25, -0.2) is 0 Å². The highest BCUT2D eigenvalue weighted by Crippen LogP contribution is 2.47. The lowest BCUT2D eigenvalue weighted by atomic mass is 9.90. The first-order valence-electron chi connectivity index (χ1n) is 11.2. The number of piperidine rings is 1. The van der Waals surface area contributed by atoms with Crippen LogP contribution in [0, 0.1) is 16.0 Å². The Balaban J connectivity index is 1.27. The first-order valence-corrected chi connectivity index (χ1v) is 12.0. The van der Waals surface area contributed by atoms with Gasteiger partial charge in [0.2, 0.25) is 0 Å². The average molecular weight is 516 g/mol. The predicted molar refractivity (Wildman–Crippen MR) is 125 cm³/mol. The standard InChI is InChI=1S/C24H26BrN3O5/c25-23(28(30)31)15-32-24(33-16-23)20-8-4-5-9-21(20)27(22(24)29)17-26-12-10-19(11-13-26)14-18-6-2-1-3-7-18/h1-9,19H,10-17H2. The lowest BCUT2D eigenvalue weighted by Gasteiger charge is -2.37. The monoisotopic (exact) mass is 515 g/mol. The van der Waals surface area contributed by atoms with Crippen LogP contribution in [0.15, 0.2) is 54.6 Å². The fourth-order valence-corrected chi connectivity index (χ4v) is 5.13. The highest BCUT2D eigenvalue weighted by molar-refractivity contribution is 9.10. The number of nitro groups is 1. The quantitative estimate of drug-likeness (QED) is 0.262. The van der Waals surface area contributed by atoms with Gasteiger partial charge in [0.1, 0.15) is 13.2 Å². The number of ether oxygens (including phenoxy) is 2. The number of carbonyl (C=O) groups is 1. The molecule has 1 amide bonds. The van der Waals surface area contributed by atoms with Gasteiger partial charge in [0.15, 0.2) is 0 Å². The highest BCUT2D eigenvalue weighted by atomic mass is 79.9. The van der Waals surface area contributed by atoms with Crippen molar-refractivity contribution in [2.75, 3.05) is 37.9 Å². The Morgan fingerprint density at radius 3 is 2.33 bits per heavy atom. The van der Waals surface area contributed by atoms with E-state index in [0.29, 0.717) is 18.2 Å². The van der Waals surface area contributed by atoms with Gasteiger partial charge in [-0.3, -0.25) is 24.7 Å². The summed E-state index contributed by atoms with van der Waals surface area (Å²) in [5.41, 5.74) is 2.70. The largest absolute Gasteiger partial charge is 0.330 e. The molecule has 0 unspecified atom stereocenters. The smallest absolute Gasteiger partial charge is 0.320 e. The molecular formula is C24H26BrN3O5. The Morgan fingerprint density at radius 1 is 1.03 bits per heavy atom. The molecule has 0 atom stereocenters. The molecule has 3 aliphatic rings. The van der Waals surface area contributed by atoms with Crippen LogP contribution in [0.3, 0.4) is 0 Å². The molecule has 0 bridgehead atoms. The van der Waals surface area contributed by atoms with Crippen LogP contribution in [-0.2, 0) is 26.5 Å². The van der Waals surface area contributed by atoms with Gasteiger partial charge in [0.25, 0.3) is 11.7 Å². The van der Waals surface area contributed by atoms with Gasteiger partial charge in [0, 0.05) is 39.5 Å². The zero-order valence-electron chi connectivity index (χ0n) is 18.2. The van der Waals surface area contributed by atoms with Gasteiger partial charge in [-0.05, 0) is 36.8 Å². The van der Waals surface area contributed by atoms with E-state index in [-0.39, 0.29) is 19.1 Å². The van der Waals surface area contributed by atoms with Crippen molar-refractivity contribution in [1.82, 2.24) is 4.90 Å². The van der Waals surface area contributed by atoms with E-state index >= 15 is 0 Å². The Labute approximate surface area is 200 Å². The first-order chi connectivity index (χ1) is 15.9. The van der Waals surface area contributed by atoms with Crippen molar-refractivity contribution in [3.8, 4) is 0 Å². The van der Waals surface area contributed by atoms with Gasteiger partial charge in [0.05, 0.1) is 12.4 Å². The zero-order chi connectivity index (χ0) is 23.1. The molecule has 0 aliphatic carbocycles. The summed E-state index contributed by atoms with van der Waals surface area (Å²) in [6.07, 6.45) is 3.23. The fraction of sp³-hybridized carbons (Fsp3) is 0.458. The summed E-state index contributed by atoms with van der Waals surface area (Å²) in [6.45, 7) is 1.72. The number of alkyl halides is 1. The third kappa shape index (κ3) is 4.07. The molecule has 174 valence electrons. The minimum Gasteiger partial charge on any atom is -0.330 e. The van der Waals surface area contributed by atoms with Crippen LogP contribution in [0.4, 0.5) is 5.69 Å². The van der Waals surface area contributed by atoms with Crippen molar-refractivity contribution in [2.45, 2.75) is 29.5 Å². The molecule has 0 N–H and O–H groups in total. The second-order valence-corrected chi connectivity index (χ2v) is 10.5. The number of rotatable bonds is 5. The van der Waals surface area contributed by atoms with E-state index in [1.165, 1.54) is 5.56 Å². The molecule has 8 nitrogen and oxygen atoms in total. The molecule has 0 saturated carbocycles. The zero-order valence-corrected chi connectivity index (χ0v) is 19.8. The van der Waals surface area contributed by atoms with E-state index in [9.17, 15) is 14.9 Å². The third-order valence-electron chi connectivity index (χ3n) is 6.81. The van der Waals surface area contributed by atoms with Crippen molar-refractivity contribution >= 4 is 27.5 Å². The number of fused-ring (bicyclic) bond motifs is 2. The van der Waals surface area contributed by atoms with Gasteiger partial charge in [-0.1, -0.05) is 48.5 Å². The summed E-state index contributed by atoms with van der Waals surface area (Å²) in [5, 5.41) is 11.4. The van der Waals surface area contributed by atoms with Gasteiger partial charge >= 0.3 is 4.45 Å². The number of halogens is 1. The third-order valence-corrected chi connectivity index (χ3v) is 7.56. The van der Waals surface area contributed by atoms with Gasteiger partial charge in [-0.2, -0.15) is 0 Å². The molecule has 2 aromatic rings. The van der Waals surface area contributed by atoms with Gasteiger partial charge in [-0.15, -0.1) is 0 Å². The number of amides is 1. The Morgan fingerprint density at radius 2 is 1.67 bits per heavy atom. The summed E-state index contributed by atoms with van der Waals surface area (Å²) in [4.78, 5) is 28.4. The van der Waals surface area contributed by atoms with Crippen LogP contribution in [0.5, 0.6) is 0 Å². The van der Waals surface area contributed by atoms with Crippen molar-refractivity contribution in [2.24, 2.45) is 5.92 Å². The lowest BCUT2D eigenvalue weighted by molar-refractivity contribution is -0.561. The number of hydrogen-bond acceptors (Lipinski definition) is 6. The SMILES string of the molecule is O=C1N(CN2CCC(Cc3ccccc3)CC2)c2ccccc2C12OCC(Br)([N+](=O)[O-])CO2. The number of nitrogens with zero attached hydrogens (tertiary/aromatic N) is 3. The highest BCUT2D eigenvalue weighted by Gasteiger charge is 2.61. The molecule has 9 heteroatoms. The molecule has 2 saturated heterocycles. The molecule has 3 heterocycles. The van der Waals surface area contributed by atoms with Crippen molar-refractivity contribution in [3.05, 3.63) is 75.8 Å². The summed E-state index contributed by atoms with van der Waals surface area (Å²) < 4.78 is 10.1. The summed E-state index contributed by atoms with van der Waals surface area (Å²) >= 11 is 3.09. The Kier molecular flexibility index (Phi) is 5.98. The topological polar surface area (TPSA) is 85.2 Å². The Bertz CT molecular complexity index is 1030. The number of hydrogen-bond donors (Lipinski definition) is 0. The summed E-state index contributed by atoms with van der Waals surface area (Å²) in [5.74, 6) is -1.32. The maximum absolute atomic E-state index is 13.6. The van der Waals surface area contributed by atoms with Crippen LogP contribution in [-0.4, -0.2) is 53.2 Å². The summed E-state index contributed by atoms with van der Waals surface area (Å²) in [6, 6.07) is 17.9. The molecule has 3 aliphatic heterocycles. The van der Waals surface area contributed by atoms with E-state index in [4.69, 9.17) is 9.47 Å². The van der Waals surface area contributed by atoms with E-state index in [2.05, 4.69) is 45.1 Å². The van der Waals surface area contributed by atoms with Crippen molar-refractivity contribution < 1.29 is 19.2 Å². The number of benzene rings is 2. The number of anilines is 1. The van der Waals surface area contributed by atoms with E-state index in [0.717, 1.165) is 38.0 Å². The van der Waals surface area contributed by atoms with E-state index in [1.807, 2.05) is 24.3 Å². The number of carbonyl (C=O) groups excluding carboxylic acids is 1. The minimum absolute atomic E-state index is 0.265. The lowest BCUT2D eigenvalue weighted by Crippen LogP contribution is -2.57. The predicted octanol–water partition coefficient (Wildman–Crippen LogP) is 3.51. The molecule has 2 aromatic carbocycles. The molecule has 33 heavy (non-hydrogen) atoms. The number of likely N-dealkylation sites (tertiary alicyclic amines) is 1. The molecule has 2 fully saturated rings. The van der Waals surface area contributed by atoms with Crippen molar-refractivity contribution in [1.29, 1.82) is 0 Å². The van der Waals surface area contributed by atoms with Crippen LogP contribution in [0.1, 0.15) is 24.0 Å². The van der Waals surface area contributed by atoms with E-state index < -0.39 is 15.2 Å². The maximum Gasteiger partial charge on any atom is 0.320 e. The summed E-state index contributed by atoms with van der Waals surface area (Å²) in [7, 11) is 0. The Hall–Kier alpha value is -2.33. The number of para-hydroxylation sites is 1. The molecular weight excluding hydrogens is 490 g/mol. The molecule has 1 spiro atoms. The molecule has 5 rings (SSSR count). The van der Waals surface area contributed by atoms with Crippen LogP contribution in [0.2, 0.25) is 0 Å². The normalized spacial score (nSPS) is 28.3. The van der Waals surface area contributed by atoms with Crippen LogP contribution < -0.4 is 4.90 Å². The van der Waals surface area contributed by atoms with E-state index in [1.54, 1.807) is 11.0 Å².